The first-order valence-corrected chi connectivity index (χ1v) is 14.8. The number of aromatic nitrogens is 1. The lowest BCUT2D eigenvalue weighted by molar-refractivity contribution is -0.153. The highest BCUT2D eigenvalue weighted by molar-refractivity contribution is 5.76. The van der Waals surface area contributed by atoms with Crippen LogP contribution in [-0.2, 0) is 28.0 Å². The van der Waals surface area contributed by atoms with Crippen molar-refractivity contribution in [2.24, 2.45) is 11.3 Å². The Morgan fingerprint density at radius 3 is 2.60 bits per heavy atom. The van der Waals surface area contributed by atoms with E-state index < -0.39 is 0 Å². The van der Waals surface area contributed by atoms with Crippen LogP contribution < -0.4 is 4.74 Å². The van der Waals surface area contributed by atoms with E-state index in [1.807, 2.05) is 13.0 Å². The fraction of sp³-hybridized carbons (Fsp3) is 0.486. The number of carbonyl (C=O) groups is 1. The van der Waals surface area contributed by atoms with Crippen LogP contribution in [0.4, 0.5) is 4.39 Å². The van der Waals surface area contributed by atoms with E-state index in [-0.39, 0.29) is 28.5 Å². The summed E-state index contributed by atoms with van der Waals surface area (Å²) in [6.45, 7) is 7.00. The number of fused-ring (bicyclic) bond motifs is 2. The van der Waals surface area contributed by atoms with Gasteiger partial charge in [-0.2, -0.15) is 0 Å². The predicted molar refractivity (Wildman–Crippen MR) is 155 cm³/mol. The van der Waals surface area contributed by atoms with Crippen LogP contribution >= 0.6 is 0 Å². The molecule has 1 spiro atoms. The second kappa shape index (κ2) is 10.3. The van der Waals surface area contributed by atoms with Crippen molar-refractivity contribution in [1.82, 2.24) is 4.98 Å². The van der Waals surface area contributed by atoms with E-state index in [2.05, 4.69) is 55.2 Å². The van der Waals surface area contributed by atoms with Gasteiger partial charge in [0.25, 0.3) is 0 Å². The number of benzene rings is 2. The molecule has 2 aromatic carbocycles. The molecule has 0 aliphatic heterocycles. The van der Waals surface area contributed by atoms with E-state index in [4.69, 9.17) is 9.47 Å². The summed E-state index contributed by atoms with van der Waals surface area (Å²) >= 11 is 0. The predicted octanol–water partition coefficient (Wildman–Crippen LogP) is 8.23. The lowest BCUT2D eigenvalue weighted by atomic mass is 9.52. The van der Waals surface area contributed by atoms with Crippen molar-refractivity contribution >= 4 is 5.97 Å². The average Bonchev–Trinajstić information content (AvgIpc) is 3.30. The lowest BCUT2D eigenvalue weighted by Crippen LogP contribution is -2.50. The summed E-state index contributed by atoms with van der Waals surface area (Å²) in [5.41, 5.74) is 7.31. The molecule has 1 heterocycles. The molecule has 40 heavy (non-hydrogen) atoms. The van der Waals surface area contributed by atoms with Gasteiger partial charge in [0.1, 0.15) is 18.2 Å². The van der Waals surface area contributed by atoms with Crippen LogP contribution in [0.1, 0.15) is 92.7 Å². The molecule has 0 radical (unpaired) electrons. The first-order valence-electron chi connectivity index (χ1n) is 14.8. The molecule has 4 nitrogen and oxygen atoms in total. The zero-order chi connectivity index (χ0) is 28.1. The Kier molecular flexibility index (Phi) is 6.96. The molecular formula is C35H40FNO3. The number of hydrogen-bond donors (Lipinski definition) is 0. The number of pyridine rings is 1. The number of nitrogens with zero attached hydrogens (tertiary/aromatic N) is 1. The molecule has 0 N–H and O–H groups in total. The van der Waals surface area contributed by atoms with Crippen molar-refractivity contribution < 1.29 is 18.7 Å². The lowest BCUT2D eigenvalue weighted by Gasteiger charge is -2.51. The number of ether oxygens (including phenoxy) is 2. The van der Waals surface area contributed by atoms with Gasteiger partial charge in [-0.1, -0.05) is 44.5 Å². The highest BCUT2D eigenvalue weighted by Crippen LogP contribution is 2.56. The van der Waals surface area contributed by atoms with E-state index in [1.165, 1.54) is 42.8 Å². The van der Waals surface area contributed by atoms with E-state index in [0.29, 0.717) is 18.1 Å². The second-order valence-electron chi connectivity index (χ2n) is 12.9. The van der Waals surface area contributed by atoms with E-state index >= 15 is 4.39 Å². The minimum absolute atomic E-state index is 0.0612. The third-order valence-corrected chi connectivity index (χ3v) is 10.2. The largest absolute Gasteiger partial charge is 0.489 e. The maximum atomic E-state index is 15.0. The van der Waals surface area contributed by atoms with Crippen LogP contribution in [0.15, 0.2) is 48.7 Å². The molecule has 0 amide bonds. The Labute approximate surface area is 237 Å². The molecule has 3 aliphatic rings. The van der Waals surface area contributed by atoms with Gasteiger partial charge in [0.15, 0.2) is 0 Å². The third kappa shape index (κ3) is 4.61. The molecule has 210 valence electrons. The summed E-state index contributed by atoms with van der Waals surface area (Å²) < 4.78 is 26.6. The maximum Gasteiger partial charge on any atom is 0.309 e. The summed E-state index contributed by atoms with van der Waals surface area (Å²) in [4.78, 5) is 16.7. The van der Waals surface area contributed by atoms with E-state index in [0.717, 1.165) is 61.1 Å². The van der Waals surface area contributed by atoms with Crippen LogP contribution in [0.5, 0.6) is 5.75 Å². The summed E-state index contributed by atoms with van der Waals surface area (Å²) in [6.07, 6.45) is 9.86. The molecule has 2 saturated carbocycles. The number of rotatable bonds is 6. The standard InChI is InChI=1S/C35H40FNO3/c1-22-17-28(32(36)20-37-22)26-12-9-23(18-27(26)29-8-6-14-34(29,2)3)21-40-25-11-10-24-7-5-15-35(31(24)19-25)16-13-30(35)33(38)39-4/h9-12,17-20,29-30H,5-8,13-16,21H2,1-4H3/t29-,30+,35+/m0/s1. The molecule has 5 heteroatoms. The van der Waals surface area contributed by atoms with Crippen LogP contribution in [-0.4, -0.2) is 18.1 Å². The highest BCUT2D eigenvalue weighted by atomic mass is 19.1. The minimum atomic E-state index is -0.282. The zero-order valence-electron chi connectivity index (χ0n) is 24.2. The quantitative estimate of drug-likeness (QED) is 0.295. The fourth-order valence-corrected chi connectivity index (χ4v) is 7.86. The Morgan fingerprint density at radius 2 is 1.88 bits per heavy atom. The monoisotopic (exact) mass is 541 g/mol. The summed E-state index contributed by atoms with van der Waals surface area (Å²) in [5.74, 6) is 0.754. The molecule has 0 bridgehead atoms. The first kappa shape index (κ1) is 27.0. The van der Waals surface area contributed by atoms with Gasteiger partial charge in [0, 0.05) is 16.7 Å². The zero-order valence-corrected chi connectivity index (χ0v) is 24.2. The number of methoxy groups -OCH3 is 1. The molecule has 1 aromatic heterocycles. The normalized spacial score (nSPS) is 24.8. The molecule has 0 unspecified atom stereocenters. The Hall–Kier alpha value is -3.21. The number of carbonyl (C=O) groups excluding carboxylic acids is 1. The van der Waals surface area contributed by atoms with Crippen molar-refractivity contribution in [3.8, 4) is 16.9 Å². The summed E-state index contributed by atoms with van der Waals surface area (Å²) in [7, 11) is 1.49. The number of esters is 1. The van der Waals surface area contributed by atoms with Gasteiger partial charge >= 0.3 is 5.97 Å². The Bertz CT molecular complexity index is 1450. The van der Waals surface area contributed by atoms with Crippen molar-refractivity contribution in [2.45, 2.75) is 90.1 Å². The number of aryl methyl sites for hydroxylation is 2. The average molecular weight is 542 g/mol. The van der Waals surface area contributed by atoms with Gasteiger partial charge in [0.05, 0.1) is 19.2 Å². The summed E-state index contributed by atoms with van der Waals surface area (Å²) in [5, 5.41) is 0. The van der Waals surface area contributed by atoms with Crippen LogP contribution in [0, 0.1) is 24.1 Å². The molecule has 3 aliphatic carbocycles. The van der Waals surface area contributed by atoms with E-state index in [1.54, 1.807) is 0 Å². The number of hydrogen-bond acceptors (Lipinski definition) is 4. The molecule has 3 atom stereocenters. The van der Waals surface area contributed by atoms with Gasteiger partial charge < -0.3 is 9.47 Å². The van der Waals surface area contributed by atoms with Crippen molar-refractivity contribution in [1.29, 1.82) is 0 Å². The second-order valence-corrected chi connectivity index (χ2v) is 12.9. The highest BCUT2D eigenvalue weighted by Gasteiger charge is 2.53. The van der Waals surface area contributed by atoms with Crippen LogP contribution in [0.3, 0.4) is 0 Å². The number of halogens is 1. The fourth-order valence-electron chi connectivity index (χ4n) is 7.86. The smallest absolute Gasteiger partial charge is 0.309 e. The van der Waals surface area contributed by atoms with Gasteiger partial charge in [-0.25, -0.2) is 4.39 Å². The first-order chi connectivity index (χ1) is 19.2. The van der Waals surface area contributed by atoms with Gasteiger partial charge in [0.2, 0.25) is 0 Å². The van der Waals surface area contributed by atoms with Gasteiger partial charge in [-0.05, 0) is 109 Å². The van der Waals surface area contributed by atoms with Crippen LogP contribution in [0.2, 0.25) is 0 Å². The van der Waals surface area contributed by atoms with Crippen molar-refractivity contribution in [2.75, 3.05) is 7.11 Å². The molecule has 2 fully saturated rings. The molecule has 3 aromatic rings. The SMILES string of the molecule is COC(=O)[C@H]1CC[C@]12CCCc1ccc(OCc3ccc(-c4cc(C)ncc4F)c([C@@H]4CCCC4(C)C)c3)cc12. The summed E-state index contributed by atoms with van der Waals surface area (Å²) in [6, 6.07) is 14.6. The molecule has 6 rings (SSSR count). The van der Waals surface area contributed by atoms with Gasteiger partial charge in [-0.15, -0.1) is 0 Å². The maximum absolute atomic E-state index is 15.0. The van der Waals surface area contributed by atoms with Crippen LogP contribution in [0.25, 0.3) is 11.1 Å². The molecular weight excluding hydrogens is 501 g/mol. The van der Waals surface area contributed by atoms with Gasteiger partial charge in [-0.3, -0.25) is 9.78 Å². The van der Waals surface area contributed by atoms with E-state index in [9.17, 15) is 4.79 Å². The van der Waals surface area contributed by atoms with Crippen molar-refractivity contribution in [3.05, 3.63) is 82.4 Å². The minimum Gasteiger partial charge on any atom is -0.489 e. The molecule has 0 saturated heterocycles. The third-order valence-electron chi connectivity index (χ3n) is 10.2. The van der Waals surface area contributed by atoms with Crippen molar-refractivity contribution in [3.63, 3.8) is 0 Å². The Morgan fingerprint density at radius 1 is 1.02 bits per heavy atom. The topological polar surface area (TPSA) is 48.4 Å². The Balaban J connectivity index is 1.30.